The molecule has 0 saturated heterocycles. The first kappa shape index (κ1) is 22.6. The van der Waals surface area contributed by atoms with Crippen molar-refractivity contribution in [3.05, 3.63) is 0 Å². The fraction of sp³-hybridized carbons (Fsp3) is 1.00. The van der Waals surface area contributed by atoms with Crippen LogP contribution in [0.5, 0.6) is 0 Å². The number of halogens is 6. The number of rotatable bonds is 8. The van der Waals surface area contributed by atoms with Crippen LogP contribution in [-0.4, -0.2) is 30.9 Å². The van der Waals surface area contributed by atoms with E-state index in [2.05, 4.69) is 33.9 Å². The molecule has 134 valence electrons. The Kier molecular flexibility index (Phi) is 8.29. The number of hydrogen-bond donors (Lipinski definition) is 0. The van der Waals surface area contributed by atoms with Crippen molar-refractivity contribution < 1.29 is 26.4 Å². The van der Waals surface area contributed by atoms with Crippen LogP contribution in [0.2, 0.25) is 18.1 Å². The van der Waals surface area contributed by atoms with Crippen LogP contribution in [0, 0.1) is 0 Å². The molecule has 0 saturated carbocycles. The van der Waals surface area contributed by atoms with Crippen LogP contribution in [0.4, 0.5) is 22.0 Å². The predicted octanol–water partition coefficient (Wildman–Crippen LogP) is 6.57. The second-order valence-electron chi connectivity index (χ2n) is 7.11. The third-order valence-corrected chi connectivity index (χ3v) is 9.67. The lowest BCUT2D eigenvalue weighted by Gasteiger charge is -2.36. The molecule has 0 fully saturated rings. The molecule has 0 spiro atoms. The molecular formula is C14H26F5IOSi. The minimum absolute atomic E-state index is 0.105. The molecule has 0 aromatic carbocycles. The highest BCUT2D eigenvalue weighted by molar-refractivity contribution is 14.1. The Morgan fingerprint density at radius 1 is 1.00 bits per heavy atom. The quantitative estimate of drug-likeness (QED) is 0.131. The van der Waals surface area contributed by atoms with Crippen molar-refractivity contribution in [2.45, 2.75) is 80.6 Å². The molecular weight excluding hydrogens is 434 g/mol. The molecule has 0 amide bonds. The Labute approximate surface area is 144 Å². The first-order valence-corrected chi connectivity index (χ1v) is 11.5. The Morgan fingerprint density at radius 2 is 1.50 bits per heavy atom. The van der Waals surface area contributed by atoms with Gasteiger partial charge in [-0.1, -0.05) is 49.8 Å². The zero-order valence-electron chi connectivity index (χ0n) is 13.8. The van der Waals surface area contributed by atoms with Gasteiger partial charge in [0.1, 0.15) is 0 Å². The summed E-state index contributed by atoms with van der Waals surface area (Å²) in [7, 11) is -1.82. The molecule has 22 heavy (non-hydrogen) atoms. The van der Waals surface area contributed by atoms with Gasteiger partial charge in [-0.25, -0.2) is 0 Å². The summed E-state index contributed by atoms with van der Waals surface area (Å²) in [6, 6.07) is 0. The van der Waals surface area contributed by atoms with Gasteiger partial charge >= 0.3 is 12.1 Å². The summed E-state index contributed by atoms with van der Waals surface area (Å²) in [6.45, 7) is 11.2. The average molecular weight is 460 g/mol. The third kappa shape index (κ3) is 7.42. The maximum absolute atomic E-state index is 12.9. The minimum Gasteiger partial charge on any atom is -0.417 e. The van der Waals surface area contributed by atoms with Gasteiger partial charge in [-0.2, -0.15) is 22.0 Å². The van der Waals surface area contributed by atoms with Crippen molar-refractivity contribution in [1.82, 2.24) is 0 Å². The van der Waals surface area contributed by atoms with E-state index in [0.717, 1.165) is 0 Å². The zero-order valence-corrected chi connectivity index (χ0v) is 16.9. The molecule has 0 aliphatic rings. The highest BCUT2D eigenvalue weighted by atomic mass is 127. The predicted molar refractivity (Wildman–Crippen MR) is 90.4 cm³/mol. The molecule has 1 nitrogen and oxygen atoms in total. The molecule has 0 aliphatic heterocycles. The van der Waals surface area contributed by atoms with E-state index in [1.54, 1.807) is 22.6 Å². The minimum atomic E-state index is -5.46. The maximum atomic E-state index is 12.9. The molecule has 0 rings (SSSR count). The van der Waals surface area contributed by atoms with Gasteiger partial charge in [0.15, 0.2) is 8.32 Å². The highest BCUT2D eigenvalue weighted by Crippen LogP contribution is 2.41. The number of unbranched alkanes of at least 4 members (excludes halogenated alkanes) is 1. The van der Waals surface area contributed by atoms with Crippen LogP contribution in [0.1, 0.15) is 46.5 Å². The van der Waals surface area contributed by atoms with Gasteiger partial charge in [-0.05, 0) is 31.0 Å². The number of alkyl halides is 6. The first-order chi connectivity index (χ1) is 9.60. The van der Waals surface area contributed by atoms with E-state index < -0.39 is 30.8 Å². The summed E-state index contributed by atoms with van der Waals surface area (Å²) >= 11 is 1.68. The molecule has 0 heterocycles. The van der Waals surface area contributed by atoms with E-state index in [4.69, 9.17) is 4.43 Å². The molecule has 0 bridgehead atoms. The lowest BCUT2D eigenvalue weighted by Crippen LogP contribution is -2.41. The van der Waals surface area contributed by atoms with Crippen LogP contribution in [0.3, 0.4) is 0 Å². The summed E-state index contributed by atoms with van der Waals surface area (Å²) in [4.78, 5) is 0. The summed E-state index contributed by atoms with van der Waals surface area (Å²) in [5, 5.41) is 0.105. The van der Waals surface area contributed by atoms with Crippen molar-refractivity contribution in [2.24, 2.45) is 0 Å². The van der Waals surface area contributed by atoms with Crippen molar-refractivity contribution in [3.63, 3.8) is 0 Å². The fourth-order valence-corrected chi connectivity index (χ4v) is 3.59. The summed E-state index contributed by atoms with van der Waals surface area (Å²) in [5.74, 6) is -4.60. The van der Waals surface area contributed by atoms with Crippen molar-refractivity contribution in [3.8, 4) is 0 Å². The van der Waals surface area contributed by atoms with Crippen LogP contribution < -0.4 is 0 Å². The van der Waals surface area contributed by atoms with Crippen LogP contribution >= 0.6 is 22.6 Å². The van der Waals surface area contributed by atoms with E-state index in [1.807, 2.05) is 0 Å². The molecule has 8 heteroatoms. The second-order valence-corrected chi connectivity index (χ2v) is 13.7. The second kappa shape index (κ2) is 8.09. The lowest BCUT2D eigenvalue weighted by atomic mass is 10.1. The SMILES string of the molecule is CC(C)(C)[Si](C)(C)OCCCCC(I)CC(F)(F)C(F)(F)F. The van der Waals surface area contributed by atoms with Gasteiger partial charge in [-0.15, -0.1) is 0 Å². The van der Waals surface area contributed by atoms with Gasteiger partial charge in [0.05, 0.1) is 0 Å². The van der Waals surface area contributed by atoms with E-state index >= 15 is 0 Å². The van der Waals surface area contributed by atoms with Crippen molar-refractivity contribution >= 4 is 30.9 Å². The molecule has 1 unspecified atom stereocenters. The first-order valence-electron chi connectivity index (χ1n) is 7.33. The van der Waals surface area contributed by atoms with Gasteiger partial charge in [0, 0.05) is 17.0 Å². The Bertz CT molecular complexity index is 339. The van der Waals surface area contributed by atoms with E-state index in [9.17, 15) is 22.0 Å². The van der Waals surface area contributed by atoms with Gasteiger partial charge in [-0.3, -0.25) is 0 Å². The maximum Gasteiger partial charge on any atom is 0.453 e. The largest absolute Gasteiger partial charge is 0.453 e. The summed E-state index contributed by atoms with van der Waals surface area (Å²) in [5.41, 5.74) is 0. The highest BCUT2D eigenvalue weighted by Gasteiger charge is 2.57. The smallest absolute Gasteiger partial charge is 0.417 e. The fourth-order valence-electron chi connectivity index (χ4n) is 1.51. The van der Waals surface area contributed by atoms with Gasteiger partial charge in [0.2, 0.25) is 0 Å². The Balaban J connectivity index is 4.04. The molecule has 1 atom stereocenters. The lowest BCUT2D eigenvalue weighted by molar-refractivity contribution is -0.283. The van der Waals surface area contributed by atoms with Crippen LogP contribution in [-0.2, 0) is 4.43 Å². The summed E-state index contributed by atoms with van der Waals surface area (Å²) < 4.78 is 67.4. The summed E-state index contributed by atoms with van der Waals surface area (Å²) in [6.07, 6.45) is -4.99. The van der Waals surface area contributed by atoms with E-state index in [-0.39, 0.29) is 5.04 Å². The topological polar surface area (TPSA) is 9.23 Å². The van der Waals surface area contributed by atoms with E-state index in [0.29, 0.717) is 25.9 Å². The van der Waals surface area contributed by atoms with Crippen molar-refractivity contribution in [1.29, 1.82) is 0 Å². The van der Waals surface area contributed by atoms with E-state index in [1.165, 1.54) is 0 Å². The average Bonchev–Trinajstić information content (AvgIpc) is 2.24. The molecule has 0 radical (unpaired) electrons. The monoisotopic (exact) mass is 460 g/mol. The molecule has 0 aliphatic carbocycles. The van der Waals surface area contributed by atoms with Crippen LogP contribution in [0.15, 0.2) is 0 Å². The van der Waals surface area contributed by atoms with Gasteiger partial charge in [0.25, 0.3) is 0 Å². The van der Waals surface area contributed by atoms with Crippen molar-refractivity contribution in [2.75, 3.05) is 6.61 Å². The van der Waals surface area contributed by atoms with Crippen LogP contribution in [0.25, 0.3) is 0 Å². The number of hydrogen-bond acceptors (Lipinski definition) is 1. The molecule has 0 N–H and O–H groups in total. The standard InChI is InChI=1S/C14H26F5IOSi/c1-12(2,3)22(4,5)21-9-7-6-8-11(20)10-13(15,16)14(17,18)19/h11H,6-10H2,1-5H3. The Hall–Kier alpha value is 0.557. The van der Waals surface area contributed by atoms with Gasteiger partial charge < -0.3 is 4.43 Å². The molecule has 0 aromatic rings. The third-order valence-electron chi connectivity index (χ3n) is 4.07. The normalized spacial score (nSPS) is 16.0. The Morgan fingerprint density at radius 3 is 1.91 bits per heavy atom. The zero-order chi connectivity index (χ0) is 17.8. The molecule has 0 aromatic heterocycles.